The molecule has 5 aliphatic rings. The molecular weight excluding hydrogens is 1110 g/mol. The van der Waals surface area contributed by atoms with Gasteiger partial charge in [-0.05, 0) is 147 Å². The second-order valence-electron chi connectivity index (χ2n) is 24.5. The predicted octanol–water partition coefficient (Wildman–Crippen LogP) is 6.52. The van der Waals surface area contributed by atoms with E-state index in [0.29, 0.717) is 88.2 Å². The maximum absolute atomic E-state index is 14.1. The van der Waals surface area contributed by atoms with Crippen LogP contribution in [0.5, 0.6) is 11.5 Å². The zero-order valence-corrected chi connectivity index (χ0v) is 51.8. The molecule has 0 unspecified atom stereocenters. The zero-order chi connectivity index (χ0) is 62.4. The summed E-state index contributed by atoms with van der Waals surface area (Å²) in [6.45, 7) is 13.2. The van der Waals surface area contributed by atoms with Gasteiger partial charge in [-0.2, -0.15) is 0 Å². The van der Waals surface area contributed by atoms with Crippen molar-refractivity contribution in [3.05, 3.63) is 130 Å². The van der Waals surface area contributed by atoms with E-state index >= 15 is 0 Å². The number of fused-ring (bicyclic) bond motifs is 7. The SMILES string of the molecule is CO[C@H]1/C=C\C=C(/C)C(=O)NC2=CC(=O)C(NCCOCCOCCOCCc3cn(CN(C)CCOc4ccc([C@H]5C[C@]6(C)[C@@H](O)CC[C@H]6[C@@H]6CCc7cc(O)ccc7[C@H]65)cc4)nn3)=C(C[C@@H](C)C[C@H](OC)[C@H](O)[C@@H](C)/C=C(\C)[C@@H]1OC(N)=O)C2=O. The number of benzene rings is 2. The van der Waals surface area contributed by atoms with Crippen molar-refractivity contribution in [2.24, 2.45) is 34.8 Å². The number of hydrogen-bond acceptors (Lipinski definition) is 18. The average Bonchev–Trinajstić information content (AvgIpc) is 1.76. The van der Waals surface area contributed by atoms with Crippen LogP contribution in [-0.2, 0) is 62.3 Å². The first-order valence-electron chi connectivity index (χ1n) is 30.6. The first-order chi connectivity index (χ1) is 41.8. The van der Waals surface area contributed by atoms with Crippen LogP contribution in [0.3, 0.4) is 0 Å². The molecule has 2 saturated carbocycles. The average molecular weight is 1210 g/mol. The fourth-order valence-electron chi connectivity index (χ4n) is 13.7. The number of rotatable bonds is 23. The van der Waals surface area contributed by atoms with Crippen LogP contribution in [-0.4, -0.2) is 170 Å². The Morgan fingerprint density at radius 1 is 0.943 bits per heavy atom. The number of nitrogens with two attached hydrogens (primary N) is 1. The van der Waals surface area contributed by atoms with E-state index in [1.807, 2.05) is 32.3 Å². The van der Waals surface area contributed by atoms with Gasteiger partial charge >= 0.3 is 6.09 Å². The van der Waals surface area contributed by atoms with Crippen molar-refractivity contribution in [3.63, 3.8) is 0 Å². The number of likely N-dealkylation sites (N-methyl/N-ethyl adjacent to an activating group) is 1. The van der Waals surface area contributed by atoms with Crippen LogP contribution >= 0.6 is 0 Å². The molecule has 7 N–H and O–H groups in total. The maximum atomic E-state index is 14.1. The second-order valence-corrected chi connectivity index (χ2v) is 24.5. The first kappa shape index (κ1) is 66.4. The summed E-state index contributed by atoms with van der Waals surface area (Å²) in [4.78, 5) is 55.2. The fourth-order valence-corrected chi connectivity index (χ4v) is 13.7. The monoisotopic (exact) mass is 1210 g/mol. The molecule has 8 rings (SSSR count). The summed E-state index contributed by atoms with van der Waals surface area (Å²) >= 11 is 0. The largest absolute Gasteiger partial charge is 0.508 e. The molecule has 0 saturated heterocycles. The summed E-state index contributed by atoms with van der Waals surface area (Å²) in [6, 6.07) is 14.5. The summed E-state index contributed by atoms with van der Waals surface area (Å²) in [6.07, 6.45) is 10.6. The van der Waals surface area contributed by atoms with Crippen molar-refractivity contribution < 1.29 is 67.7 Å². The minimum Gasteiger partial charge on any atom is -0.508 e. The van der Waals surface area contributed by atoms with Crippen LogP contribution in [0.4, 0.5) is 4.79 Å². The van der Waals surface area contributed by atoms with E-state index in [9.17, 15) is 34.5 Å². The van der Waals surface area contributed by atoms with E-state index in [2.05, 4.69) is 63.1 Å². The number of amides is 2. The summed E-state index contributed by atoms with van der Waals surface area (Å²) in [7, 11) is 4.93. The first-order valence-corrected chi connectivity index (χ1v) is 30.6. The molecule has 0 radical (unpaired) electrons. The Bertz CT molecular complexity index is 3010. The molecular formula is C66H91N7O14. The summed E-state index contributed by atoms with van der Waals surface area (Å²) in [5.74, 6) is 0.400. The summed E-state index contributed by atoms with van der Waals surface area (Å²) in [5, 5.41) is 47.4. The van der Waals surface area contributed by atoms with Gasteiger partial charge in [0.2, 0.25) is 11.6 Å². The number of carbonyl (C=O) groups excluding carboxylic acids is 4. The number of allylic oxidation sites excluding steroid dienone is 4. The second kappa shape index (κ2) is 31.1. The number of phenolic OH excluding ortho intramolecular Hbond substituents is 1. The van der Waals surface area contributed by atoms with E-state index in [1.54, 1.807) is 43.7 Å². The van der Waals surface area contributed by atoms with E-state index < -0.39 is 53.9 Å². The van der Waals surface area contributed by atoms with Crippen LogP contribution in [0.2, 0.25) is 0 Å². The van der Waals surface area contributed by atoms with E-state index in [4.69, 9.17) is 38.9 Å². The molecule has 2 fully saturated rings. The number of methoxy groups -OCH3 is 2. The van der Waals surface area contributed by atoms with Crippen molar-refractivity contribution in [1.82, 2.24) is 30.5 Å². The Kier molecular flexibility index (Phi) is 23.7. The Hall–Kier alpha value is -6.56. The minimum atomic E-state index is -1.02. The van der Waals surface area contributed by atoms with Gasteiger partial charge in [0.1, 0.15) is 24.2 Å². The molecule has 1 aromatic heterocycles. The number of aliphatic hydroxyl groups is 2. The van der Waals surface area contributed by atoms with Gasteiger partial charge in [-0.15, -0.1) is 5.10 Å². The molecule has 2 aromatic carbocycles. The molecule has 21 heteroatoms. The lowest BCUT2D eigenvalue weighted by molar-refractivity contribution is -0.120. The number of phenols is 1. The molecule has 3 aromatic rings. The number of aliphatic hydroxyl groups excluding tert-OH is 2. The Morgan fingerprint density at radius 3 is 2.40 bits per heavy atom. The number of ketones is 2. The van der Waals surface area contributed by atoms with Crippen LogP contribution in [0, 0.1) is 29.1 Å². The van der Waals surface area contributed by atoms with Crippen molar-refractivity contribution in [1.29, 1.82) is 0 Å². The number of aromatic hydroxyl groups is 1. The van der Waals surface area contributed by atoms with Crippen molar-refractivity contribution in [2.75, 3.05) is 80.6 Å². The van der Waals surface area contributed by atoms with Gasteiger partial charge in [0, 0.05) is 56.9 Å². The number of nitrogens with one attached hydrogen (secondary N) is 2. The molecule has 2 heterocycles. The number of nitrogens with zero attached hydrogens (tertiary/aromatic N) is 4. The Balaban J connectivity index is 0.729. The number of Topliss-reactive ketones (excluding diaryl/α,β-unsaturated/α-hetero) is 1. The minimum absolute atomic E-state index is 0.102. The summed E-state index contributed by atoms with van der Waals surface area (Å²) in [5.41, 5.74) is 10.9. The van der Waals surface area contributed by atoms with Crippen molar-refractivity contribution >= 4 is 23.6 Å². The number of ether oxygens (including phenoxy) is 7. The molecule has 4 aliphatic carbocycles. The van der Waals surface area contributed by atoms with E-state index in [-0.39, 0.29) is 72.1 Å². The molecule has 87 heavy (non-hydrogen) atoms. The predicted molar refractivity (Wildman–Crippen MR) is 325 cm³/mol. The maximum Gasteiger partial charge on any atom is 0.405 e. The highest BCUT2D eigenvalue weighted by atomic mass is 16.6. The van der Waals surface area contributed by atoms with Crippen LogP contribution in [0.1, 0.15) is 107 Å². The van der Waals surface area contributed by atoms with Crippen molar-refractivity contribution in [3.8, 4) is 11.5 Å². The fraction of sp³-hybridized carbons (Fsp3) is 0.576. The van der Waals surface area contributed by atoms with Gasteiger partial charge in [-0.3, -0.25) is 19.3 Å². The molecule has 2 amide bonds. The third kappa shape index (κ3) is 17.0. The lowest BCUT2D eigenvalue weighted by Crippen LogP contribution is -2.47. The van der Waals surface area contributed by atoms with Crippen LogP contribution in [0.15, 0.2) is 107 Å². The number of primary amides is 1. The lowest BCUT2D eigenvalue weighted by atomic mass is 9.51. The normalized spacial score (nSPS) is 29.6. The van der Waals surface area contributed by atoms with Gasteiger partial charge in [-0.25, -0.2) is 9.48 Å². The number of hydrogen-bond donors (Lipinski definition) is 6. The quantitative estimate of drug-likeness (QED) is 0.0335. The van der Waals surface area contributed by atoms with E-state index in [0.717, 1.165) is 49.6 Å². The molecule has 12 atom stereocenters. The third-order valence-electron chi connectivity index (χ3n) is 18.3. The Morgan fingerprint density at radius 2 is 1.68 bits per heavy atom. The van der Waals surface area contributed by atoms with Crippen LogP contribution < -0.4 is 21.1 Å². The molecule has 1 aliphatic heterocycles. The highest BCUT2D eigenvalue weighted by Crippen LogP contribution is 2.65. The lowest BCUT2D eigenvalue weighted by Gasteiger charge is -2.54. The topological polar surface area (TPSA) is 278 Å². The van der Waals surface area contributed by atoms with Crippen LogP contribution in [0.25, 0.3) is 0 Å². The van der Waals surface area contributed by atoms with Crippen molar-refractivity contribution in [2.45, 2.75) is 135 Å². The van der Waals surface area contributed by atoms with E-state index in [1.165, 1.54) is 37.0 Å². The standard InChI is InChI=1S/C66H91N7O14/c1-40-32-51-60(55(75)36-54(62(51)78)69-64(79)41(2)10-9-11-56(81-7)63(87-65(67)80)43(4)34-42(3)61(77)57(33-40)82-8)68-23-26-84-29-31-85-30-28-83-25-22-46-38-73(71-70-46)39-72(6)24-27-86-48-16-12-44(13-17-48)52-37-66(5)53(20-21-58(66)76)50-18-14-45-35-47(74)15-19-49(45)59(50)52/h9-13,15-17,19,34-36,38,40,42,50,52-53,56-59,61,63,68,74,76-77H,14,18,20-33,37,39H2,1-8H3,(H2,67,80)(H,69,79)/b11-9-,41-10+,43-34+/t40-,42+,50+,52-,53+,56+,57+,58+,59-,61-,63+,66+/m1/s1. The third-order valence-corrected chi connectivity index (χ3v) is 18.3. The molecule has 2 bridgehead atoms. The molecule has 0 spiro atoms. The number of carbonyl (C=O) groups is 4. The van der Waals surface area contributed by atoms with Gasteiger partial charge in [0.15, 0.2) is 6.10 Å². The smallest absolute Gasteiger partial charge is 0.405 e. The van der Waals surface area contributed by atoms with Gasteiger partial charge in [-0.1, -0.05) is 68.5 Å². The molecule has 21 nitrogen and oxygen atoms in total. The highest BCUT2D eigenvalue weighted by molar-refractivity contribution is 6.23. The summed E-state index contributed by atoms with van der Waals surface area (Å²) < 4.78 is 42.2. The zero-order valence-electron chi connectivity index (χ0n) is 51.8. The Labute approximate surface area is 511 Å². The highest BCUT2D eigenvalue weighted by Gasteiger charge is 2.58. The van der Waals surface area contributed by atoms with Gasteiger partial charge in [0.05, 0.1) is 87.9 Å². The number of aromatic nitrogens is 3. The molecule has 474 valence electrons. The number of aryl methyl sites for hydroxylation is 1. The van der Waals surface area contributed by atoms with Gasteiger partial charge in [0.25, 0.3) is 5.91 Å². The van der Waals surface area contributed by atoms with Gasteiger partial charge < -0.3 is 64.8 Å².